The Balaban J connectivity index is 1.41. The first kappa shape index (κ1) is 19.0. The maximum absolute atomic E-state index is 12.6. The zero-order valence-corrected chi connectivity index (χ0v) is 17.9. The molecule has 1 N–H and O–H groups in total. The topological polar surface area (TPSA) is 63.5 Å². The quantitative estimate of drug-likeness (QED) is 0.431. The Bertz CT molecular complexity index is 1280. The highest BCUT2D eigenvalue weighted by molar-refractivity contribution is 7.23. The molecule has 5 nitrogen and oxygen atoms in total. The summed E-state index contributed by atoms with van der Waals surface area (Å²) in [6.07, 6.45) is 6.12. The Morgan fingerprint density at radius 1 is 1.13 bits per heavy atom. The van der Waals surface area contributed by atoms with Crippen LogP contribution in [0.15, 0.2) is 48.7 Å². The number of nitrogens with zero attached hydrogens (tertiary/aromatic N) is 2. The van der Waals surface area contributed by atoms with E-state index in [-0.39, 0.29) is 11.7 Å². The van der Waals surface area contributed by atoms with Gasteiger partial charge in [0, 0.05) is 36.4 Å². The third kappa shape index (κ3) is 3.41. The maximum Gasteiger partial charge on any atom is 0.251 e. The number of aromatic nitrogens is 2. The summed E-state index contributed by atoms with van der Waals surface area (Å²) < 4.78 is 3.14. The molecular formula is C24H23N3O2S. The van der Waals surface area contributed by atoms with Gasteiger partial charge in [0.05, 0.1) is 15.9 Å². The number of carbonyl (C=O) groups is 2. The van der Waals surface area contributed by atoms with Crippen LogP contribution in [0.5, 0.6) is 0 Å². The van der Waals surface area contributed by atoms with Crippen molar-refractivity contribution in [3.05, 3.63) is 59.8 Å². The smallest absolute Gasteiger partial charge is 0.251 e. The summed E-state index contributed by atoms with van der Waals surface area (Å²) >= 11 is 1.59. The predicted molar refractivity (Wildman–Crippen MR) is 120 cm³/mol. The monoisotopic (exact) mass is 417 g/mol. The van der Waals surface area contributed by atoms with E-state index in [9.17, 15) is 9.59 Å². The van der Waals surface area contributed by atoms with Crippen molar-refractivity contribution in [2.45, 2.75) is 32.6 Å². The number of fused-ring (bicyclic) bond motifs is 3. The summed E-state index contributed by atoms with van der Waals surface area (Å²) in [5.74, 6) is 0.128. The fourth-order valence-corrected chi connectivity index (χ4v) is 4.82. The van der Waals surface area contributed by atoms with Gasteiger partial charge in [-0.3, -0.25) is 14.0 Å². The van der Waals surface area contributed by atoms with E-state index in [4.69, 9.17) is 4.98 Å². The standard InChI is InChI=1S/C24H23N3O2S/c1-24(11-12-24)10-9-20(28)17-7-8-19-21(13-17)30-23-26-18(14-27(19)23)15-3-5-16(6-4-15)22(29)25-2/h3-8,13-14H,9-12H2,1-2H3,(H,25,29). The maximum atomic E-state index is 12.6. The predicted octanol–water partition coefficient (Wildman–Crippen LogP) is 5.34. The lowest BCUT2D eigenvalue weighted by molar-refractivity contribution is 0.0958. The van der Waals surface area contributed by atoms with Crippen molar-refractivity contribution in [1.29, 1.82) is 0 Å². The fourth-order valence-electron chi connectivity index (χ4n) is 3.77. The van der Waals surface area contributed by atoms with Crippen LogP contribution in [0.2, 0.25) is 0 Å². The van der Waals surface area contributed by atoms with Gasteiger partial charge in [-0.15, -0.1) is 0 Å². The molecule has 0 atom stereocenters. The minimum absolute atomic E-state index is 0.102. The number of hydrogen-bond donors (Lipinski definition) is 1. The van der Waals surface area contributed by atoms with Crippen LogP contribution in [0, 0.1) is 5.41 Å². The first-order chi connectivity index (χ1) is 14.5. The van der Waals surface area contributed by atoms with Gasteiger partial charge in [-0.1, -0.05) is 30.4 Å². The molecule has 0 bridgehead atoms. The van der Waals surface area contributed by atoms with Crippen molar-refractivity contribution in [2.24, 2.45) is 5.41 Å². The molecule has 152 valence electrons. The molecule has 2 aromatic carbocycles. The summed E-state index contributed by atoms with van der Waals surface area (Å²) in [4.78, 5) is 30.0. The Labute approximate surface area is 178 Å². The van der Waals surface area contributed by atoms with E-state index in [1.54, 1.807) is 30.5 Å². The van der Waals surface area contributed by atoms with Gasteiger partial charge < -0.3 is 5.32 Å². The number of thiazole rings is 1. The first-order valence-electron chi connectivity index (χ1n) is 10.2. The number of benzene rings is 2. The number of hydrogen-bond acceptors (Lipinski definition) is 4. The third-order valence-corrected chi connectivity index (χ3v) is 7.16. The van der Waals surface area contributed by atoms with Crippen molar-refractivity contribution in [1.82, 2.24) is 14.7 Å². The van der Waals surface area contributed by atoms with E-state index < -0.39 is 0 Å². The molecule has 0 aliphatic heterocycles. The van der Waals surface area contributed by atoms with Gasteiger partial charge in [-0.25, -0.2) is 4.98 Å². The highest BCUT2D eigenvalue weighted by Gasteiger charge is 2.37. The molecule has 5 rings (SSSR count). The van der Waals surface area contributed by atoms with E-state index in [0.717, 1.165) is 38.4 Å². The fraction of sp³-hybridized carbons (Fsp3) is 0.292. The highest BCUT2D eigenvalue weighted by Crippen LogP contribution is 2.49. The number of carbonyl (C=O) groups excluding carboxylic acids is 2. The molecule has 1 fully saturated rings. The Kier molecular flexibility index (Phi) is 4.47. The molecule has 2 aromatic heterocycles. The minimum Gasteiger partial charge on any atom is -0.355 e. The number of amides is 1. The Morgan fingerprint density at radius 2 is 1.87 bits per heavy atom. The van der Waals surface area contributed by atoms with Gasteiger partial charge in [0.15, 0.2) is 10.7 Å². The van der Waals surface area contributed by atoms with Crippen molar-refractivity contribution in [2.75, 3.05) is 7.05 Å². The van der Waals surface area contributed by atoms with E-state index in [0.29, 0.717) is 17.4 Å². The zero-order valence-electron chi connectivity index (χ0n) is 17.1. The average Bonchev–Trinajstić information content (AvgIpc) is 3.21. The number of nitrogens with one attached hydrogen (secondary N) is 1. The lowest BCUT2D eigenvalue weighted by Crippen LogP contribution is -2.17. The molecule has 30 heavy (non-hydrogen) atoms. The van der Waals surface area contributed by atoms with Crippen molar-refractivity contribution in [3.63, 3.8) is 0 Å². The molecule has 0 spiro atoms. The summed E-state index contributed by atoms with van der Waals surface area (Å²) in [5, 5.41) is 2.63. The SMILES string of the molecule is CNC(=O)c1ccc(-c2cn3c(n2)sc2cc(C(=O)CCC4(C)CC4)ccc23)cc1. The number of rotatable bonds is 6. The minimum atomic E-state index is -0.102. The molecule has 0 radical (unpaired) electrons. The molecule has 1 amide bonds. The second-order valence-corrected chi connectivity index (χ2v) is 9.46. The van der Waals surface area contributed by atoms with Gasteiger partial charge in [0.25, 0.3) is 5.91 Å². The molecular weight excluding hydrogens is 394 g/mol. The van der Waals surface area contributed by atoms with Gasteiger partial charge in [-0.05, 0) is 55.0 Å². The van der Waals surface area contributed by atoms with Crippen LogP contribution in [-0.2, 0) is 0 Å². The van der Waals surface area contributed by atoms with Crippen LogP contribution in [0.1, 0.15) is 53.3 Å². The van der Waals surface area contributed by atoms with Crippen molar-refractivity contribution >= 4 is 38.2 Å². The van der Waals surface area contributed by atoms with Gasteiger partial charge in [0.1, 0.15) is 0 Å². The first-order valence-corrected chi connectivity index (χ1v) is 11.0. The van der Waals surface area contributed by atoms with Gasteiger partial charge >= 0.3 is 0 Å². The summed E-state index contributed by atoms with van der Waals surface area (Å²) in [6.45, 7) is 2.27. The van der Waals surface area contributed by atoms with E-state index in [1.165, 1.54) is 12.8 Å². The average molecular weight is 418 g/mol. The lowest BCUT2D eigenvalue weighted by atomic mass is 9.98. The van der Waals surface area contributed by atoms with Gasteiger partial charge in [-0.2, -0.15) is 0 Å². The lowest BCUT2D eigenvalue weighted by Gasteiger charge is -2.06. The summed E-state index contributed by atoms with van der Waals surface area (Å²) in [7, 11) is 1.62. The second kappa shape index (κ2) is 7.06. The normalized spacial score (nSPS) is 14.9. The van der Waals surface area contributed by atoms with Crippen LogP contribution < -0.4 is 5.32 Å². The molecule has 1 aliphatic rings. The number of imidazole rings is 1. The molecule has 1 aliphatic carbocycles. The molecule has 6 heteroatoms. The molecule has 0 saturated heterocycles. The van der Waals surface area contributed by atoms with Gasteiger partial charge in [0.2, 0.25) is 0 Å². The van der Waals surface area contributed by atoms with Crippen molar-refractivity contribution in [3.8, 4) is 11.3 Å². The molecule has 2 heterocycles. The van der Waals surface area contributed by atoms with Crippen LogP contribution in [0.25, 0.3) is 26.4 Å². The number of Topliss-reactive ketones (excluding diaryl/α,β-unsaturated/α-hetero) is 1. The molecule has 1 saturated carbocycles. The summed E-state index contributed by atoms with van der Waals surface area (Å²) in [5.41, 5.74) is 4.71. The third-order valence-electron chi connectivity index (χ3n) is 6.15. The molecule has 0 unspecified atom stereocenters. The largest absolute Gasteiger partial charge is 0.355 e. The van der Waals surface area contributed by atoms with Crippen LogP contribution in [0.3, 0.4) is 0 Å². The molecule has 4 aromatic rings. The second-order valence-electron chi connectivity index (χ2n) is 8.45. The van der Waals surface area contributed by atoms with Crippen molar-refractivity contribution < 1.29 is 9.59 Å². The summed E-state index contributed by atoms with van der Waals surface area (Å²) in [6, 6.07) is 13.4. The Hall–Kier alpha value is -2.99. The number of ketones is 1. The van der Waals surface area contributed by atoms with Crippen LogP contribution in [0.4, 0.5) is 0 Å². The van der Waals surface area contributed by atoms with Crippen LogP contribution in [-0.4, -0.2) is 28.1 Å². The highest BCUT2D eigenvalue weighted by atomic mass is 32.1. The zero-order chi connectivity index (χ0) is 20.9. The van der Waals surface area contributed by atoms with Crippen LogP contribution >= 0.6 is 11.3 Å². The van der Waals surface area contributed by atoms with E-state index in [2.05, 4.69) is 16.6 Å². The Morgan fingerprint density at radius 3 is 2.57 bits per heavy atom. The van der Waals surface area contributed by atoms with E-state index in [1.807, 2.05) is 36.5 Å². The van der Waals surface area contributed by atoms with E-state index >= 15 is 0 Å².